The number of benzene rings is 2. The molecule has 0 spiro atoms. The molecular weight excluding hydrogens is 344 g/mol. The maximum atomic E-state index is 12.3. The maximum absolute atomic E-state index is 12.3. The molecule has 0 aliphatic heterocycles. The molecule has 0 saturated carbocycles. The van der Waals surface area contributed by atoms with Crippen molar-refractivity contribution in [2.75, 3.05) is 5.32 Å². The minimum Gasteiger partial charge on any atom is -0.435 e. The number of nitrogens with one attached hydrogen (secondary N) is 2. The number of carbonyl (C=O) groups excluding carboxylic acids is 2. The summed E-state index contributed by atoms with van der Waals surface area (Å²) >= 11 is 0. The summed E-state index contributed by atoms with van der Waals surface area (Å²) in [4.78, 5) is 23.6. The molecule has 3 amide bonds. The van der Waals surface area contributed by atoms with Crippen LogP contribution in [0.25, 0.3) is 0 Å². The predicted octanol–water partition coefficient (Wildman–Crippen LogP) is 3.33. The third-order valence-corrected chi connectivity index (χ3v) is 3.63. The van der Waals surface area contributed by atoms with Gasteiger partial charge in [-0.05, 0) is 42.3 Å². The van der Waals surface area contributed by atoms with Gasteiger partial charge in [-0.1, -0.05) is 24.3 Å². The molecule has 2 aromatic rings. The Morgan fingerprint density at radius 3 is 2.35 bits per heavy atom. The normalized spacial score (nSPS) is 11.7. The van der Waals surface area contributed by atoms with Gasteiger partial charge in [-0.2, -0.15) is 8.78 Å². The standard InChI is InChI=1S/C18H19F2N3O3/c1-11-4-2-3-5-14(11)15(23-18(21)25)10-16(24)22-12-6-8-13(9-7-12)26-17(19)20/h2-9,15,17H,10H2,1H3,(H,22,24)(H3,21,23,25). The summed E-state index contributed by atoms with van der Waals surface area (Å²) in [6.45, 7) is -1.05. The highest BCUT2D eigenvalue weighted by Crippen LogP contribution is 2.22. The van der Waals surface area contributed by atoms with E-state index in [-0.39, 0.29) is 18.1 Å². The van der Waals surface area contributed by atoms with Crippen LogP contribution >= 0.6 is 0 Å². The summed E-state index contributed by atoms with van der Waals surface area (Å²) in [5, 5.41) is 5.20. The summed E-state index contributed by atoms with van der Waals surface area (Å²) < 4.78 is 28.5. The van der Waals surface area contributed by atoms with Crippen molar-refractivity contribution in [3.05, 3.63) is 59.7 Å². The van der Waals surface area contributed by atoms with Crippen molar-refractivity contribution < 1.29 is 23.1 Å². The summed E-state index contributed by atoms with van der Waals surface area (Å²) in [7, 11) is 0. The Balaban J connectivity index is 2.05. The number of amides is 3. The van der Waals surface area contributed by atoms with E-state index in [1.165, 1.54) is 24.3 Å². The van der Waals surface area contributed by atoms with Gasteiger partial charge in [-0.25, -0.2) is 4.79 Å². The van der Waals surface area contributed by atoms with E-state index < -0.39 is 18.7 Å². The molecule has 0 heterocycles. The topological polar surface area (TPSA) is 93.4 Å². The predicted molar refractivity (Wildman–Crippen MR) is 93.0 cm³/mol. The zero-order chi connectivity index (χ0) is 19.1. The first kappa shape index (κ1) is 19.2. The van der Waals surface area contributed by atoms with Gasteiger partial charge in [-0.3, -0.25) is 4.79 Å². The van der Waals surface area contributed by atoms with Gasteiger partial charge in [0.25, 0.3) is 0 Å². The van der Waals surface area contributed by atoms with E-state index >= 15 is 0 Å². The van der Waals surface area contributed by atoms with Crippen molar-refractivity contribution in [3.63, 3.8) is 0 Å². The lowest BCUT2D eigenvalue weighted by Crippen LogP contribution is -2.35. The summed E-state index contributed by atoms with van der Waals surface area (Å²) in [5.41, 5.74) is 7.31. The maximum Gasteiger partial charge on any atom is 0.387 e. The van der Waals surface area contributed by atoms with Gasteiger partial charge in [0.1, 0.15) is 5.75 Å². The minimum atomic E-state index is -2.91. The number of hydrogen-bond acceptors (Lipinski definition) is 3. The van der Waals surface area contributed by atoms with Crippen molar-refractivity contribution >= 4 is 17.6 Å². The lowest BCUT2D eigenvalue weighted by molar-refractivity contribution is -0.116. The number of carbonyl (C=O) groups is 2. The van der Waals surface area contributed by atoms with Crippen LogP contribution in [0.1, 0.15) is 23.6 Å². The lowest BCUT2D eigenvalue weighted by Gasteiger charge is -2.19. The number of anilines is 1. The van der Waals surface area contributed by atoms with E-state index in [0.29, 0.717) is 5.69 Å². The van der Waals surface area contributed by atoms with Gasteiger partial charge < -0.3 is 21.1 Å². The molecule has 0 saturated heterocycles. The van der Waals surface area contributed by atoms with Crippen LogP contribution in [-0.4, -0.2) is 18.5 Å². The monoisotopic (exact) mass is 363 g/mol. The molecule has 138 valence electrons. The molecule has 2 rings (SSSR count). The smallest absolute Gasteiger partial charge is 0.387 e. The Morgan fingerprint density at radius 2 is 1.77 bits per heavy atom. The third kappa shape index (κ3) is 5.73. The van der Waals surface area contributed by atoms with Crippen molar-refractivity contribution in [1.82, 2.24) is 5.32 Å². The molecule has 6 nitrogen and oxygen atoms in total. The van der Waals surface area contributed by atoms with Crippen LogP contribution in [0.3, 0.4) is 0 Å². The summed E-state index contributed by atoms with van der Waals surface area (Å²) in [5.74, 6) is -0.374. The van der Waals surface area contributed by atoms with E-state index in [0.717, 1.165) is 11.1 Å². The van der Waals surface area contributed by atoms with Crippen LogP contribution in [0, 0.1) is 6.92 Å². The zero-order valence-corrected chi connectivity index (χ0v) is 14.0. The minimum absolute atomic E-state index is 0.00817. The number of aryl methyl sites for hydroxylation is 1. The molecular formula is C18H19F2N3O3. The average Bonchev–Trinajstić information content (AvgIpc) is 2.55. The molecule has 4 N–H and O–H groups in total. The van der Waals surface area contributed by atoms with Gasteiger partial charge in [0.2, 0.25) is 5.91 Å². The fourth-order valence-electron chi connectivity index (χ4n) is 2.51. The number of urea groups is 1. The molecule has 0 radical (unpaired) electrons. The number of ether oxygens (including phenoxy) is 1. The highest BCUT2D eigenvalue weighted by atomic mass is 19.3. The van der Waals surface area contributed by atoms with Crippen LogP contribution in [0.5, 0.6) is 5.75 Å². The molecule has 2 aromatic carbocycles. The molecule has 8 heteroatoms. The Labute approximate surface area is 149 Å². The van der Waals surface area contributed by atoms with Gasteiger partial charge in [0.15, 0.2) is 0 Å². The fraction of sp³-hybridized carbons (Fsp3) is 0.222. The highest BCUT2D eigenvalue weighted by Gasteiger charge is 2.19. The molecule has 0 bridgehead atoms. The second-order valence-electron chi connectivity index (χ2n) is 5.57. The summed E-state index contributed by atoms with van der Waals surface area (Å²) in [6, 6.07) is 11.5. The molecule has 0 aliphatic rings. The van der Waals surface area contributed by atoms with Crippen LogP contribution in [0.2, 0.25) is 0 Å². The molecule has 0 aromatic heterocycles. The van der Waals surface area contributed by atoms with E-state index in [1.807, 2.05) is 19.1 Å². The molecule has 26 heavy (non-hydrogen) atoms. The van der Waals surface area contributed by atoms with Crippen LogP contribution < -0.4 is 21.1 Å². The van der Waals surface area contributed by atoms with Crippen molar-refractivity contribution in [3.8, 4) is 5.75 Å². The average molecular weight is 363 g/mol. The van der Waals surface area contributed by atoms with Crippen molar-refractivity contribution in [1.29, 1.82) is 0 Å². The number of hydrogen-bond donors (Lipinski definition) is 3. The lowest BCUT2D eigenvalue weighted by atomic mass is 9.98. The SMILES string of the molecule is Cc1ccccc1C(CC(=O)Nc1ccc(OC(F)F)cc1)NC(N)=O. The highest BCUT2D eigenvalue weighted by molar-refractivity contribution is 5.91. The first-order valence-electron chi connectivity index (χ1n) is 7.81. The van der Waals surface area contributed by atoms with Crippen molar-refractivity contribution in [2.24, 2.45) is 5.73 Å². The largest absolute Gasteiger partial charge is 0.435 e. The first-order chi connectivity index (χ1) is 12.3. The van der Waals surface area contributed by atoms with E-state index in [1.54, 1.807) is 12.1 Å². The molecule has 0 aliphatic carbocycles. The van der Waals surface area contributed by atoms with Gasteiger partial charge >= 0.3 is 12.6 Å². The fourth-order valence-corrected chi connectivity index (χ4v) is 2.51. The van der Waals surface area contributed by atoms with Gasteiger partial charge in [-0.15, -0.1) is 0 Å². The number of primary amides is 1. The van der Waals surface area contributed by atoms with Gasteiger partial charge in [0.05, 0.1) is 12.5 Å². The molecule has 1 atom stereocenters. The summed E-state index contributed by atoms with van der Waals surface area (Å²) in [6.07, 6.45) is -0.0386. The van der Waals surface area contributed by atoms with Crippen LogP contribution in [-0.2, 0) is 4.79 Å². The number of halogens is 2. The molecule has 0 fully saturated rings. The van der Waals surface area contributed by atoms with Crippen molar-refractivity contribution in [2.45, 2.75) is 26.0 Å². The Kier molecular flexibility index (Phi) is 6.48. The Bertz CT molecular complexity index is 767. The van der Waals surface area contributed by atoms with Crippen LogP contribution in [0.4, 0.5) is 19.3 Å². The second-order valence-corrected chi connectivity index (χ2v) is 5.57. The van der Waals surface area contributed by atoms with Gasteiger partial charge in [0, 0.05) is 5.69 Å². The van der Waals surface area contributed by atoms with E-state index in [4.69, 9.17) is 5.73 Å². The zero-order valence-electron chi connectivity index (χ0n) is 14.0. The number of alkyl halides is 2. The third-order valence-electron chi connectivity index (χ3n) is 3.63. The van der Waals surface area contributed by atoms with E-state index in [9.17, 15) is 18.4 Å². The quantitative estimate of drug-likeness (QED) is 0.704. The first-order valence-corrected chi connectivity index (χ1v) is 7.81. The number of rotatable bonds is 7. The Morgan fingerprint density at radius 1 is 1.12 bits per heavy atom. The Hall–Kier alpha value is -3.16. The number of nitrogens with two attached hydrogens (primary N) is 1. The van der Waals surface area contributed by atoms with E-state index in [2.05, 4.69) is 15.4 Å². The van der Waals surface area contributed by atoms with Crippen LogP contribution in [0.15, 0.2) is 48.5 Å². The molecule has 1 unspecified atom stereocenters. The second kappa shape index (κ2) is 8.80.